The third-order valence-electron chi connectivity index (χ3n) is 3.08. The van der Waals surface area contributed by atoms with Crippen molar-refractivity contribution >= 4 is 46.5 Å². The lowest BCUT2D eigenvalue weighted by atomic mass is 10.1. The molecule has 8 heteroatoms. The molecule has 0 fully saturated rings. The van der Waals surface area contributed by atoms with E-state index in [2.05, 4.69) is 15.3 Å². The summed E-state index contributed by atoms with van der Waals surface area (Å²) in [4.78, 5) is 12.2. The zero-order chi connectivity index (χ0) is 15.4. The van der Waals surface area contributed by atoms with Crippen LogP contribution in [0.3, 0.4) is 0 Å². The predicted molar refractivity (Wildman–Crippen MR) is 91.7 cm³/mol. The first kappa shape index (κ1) is 15.5. The van der Waals surface area contributed by atoms with Crippen LogP contribution in [0.1, 0.15) is 12.0 Å². The van der Waals surface area contributed by atoms with E-state index in [4.69, 9.17) is 0 Å². The predicted octanol–water partition coefficient (Wildman–Crippen LogP) is 2.99. The molecule has 114 valence electrons. The molecule has 2 aromatic rings. The van der Waals surface area contributed by atoms with Crippen molar-refractivity contribution in [1.29, 1.82) is 0 Å². The van der Waals surface area contributed by atoms with E-state index in [-0.39, 0.29) is 5.91 Å². The maximum Gasteiger partial charge on any atom is 0.253 e. The van der Waals surface area contributed by atoms with Crippen molar-refractivity contribution in [2.45, 2.75) is 15.1 Å². The van der Waals surface area contributed by atoms with E-state index in [1.54, 1.807) is 16.8 Å². The summed E-state index contributed by atoms with van der Waals surface area (Å²) in [7, 11) is 0. The molecule has 0 saturated heterocycles. The Kier molecular flexibility index (Phi) is 5.12. The van der Waals surface area contributed by atoms with Gasteiger partial charge in [0.05, 0.1) is 18.0 Å². The molecule has 0 bridgehead atoms. The summed E-state index contributed by atoms with van der Waals surface area (Å²) >= 11 is 4.49. The Morgan fingerprint density at radius 3 is 2.77 bits per heavy atom. The van der Waals surface area contributed by atoms with Crippen molar-refractivity contribution in [3.05, 3.63) is 35.9 Å². The van der Waals surface area contributed by atoms with Gasteiger partial charge in [-0.25, -0.2) is 5.01 Å². The smallest absolute Gasteiger partial charge is 0.253 e. The number of carbonyl (C=O) groups is 1. The molecule has 1 aromatic heterocycles. The number of amides is 1. The van der Waals surface area contributed by atoms with Crippen LogP contribution in [0, 0.1) is 0 Å². The number of hydrazone groups is 1. The average Bonchev–Trinajstić information content (AvgIpc) is 3.22. The highest BCUT2D eigenvalue weighted by Crippen LogP contribution is 2.27. The quantitative estimate of drug-likeness (QED) is 0.776. The molecule has 5 nitrogen and oxygen atoms in total. The summed E-state index contributed by atoms with van der Waals surface area (Å²) in [5, 5.41) is 14.1. The standard InChI is InChI=1S/C14H14N4OS3/c1-20-13-15-16-14(22-13)21-9-12(19)18-8-7-11(17-18)10-5-3-2-4-6-10/h2-6H,7-9H2,1H3. The lowest BCUT2D eigenvalue weighted by Gasteiger charge is -2.09. The van der Waals surface area contributed by atoms with E-state index < -0.39 is 0 Å². The van der Waals surface area contributed by atoms with Crippen molar-refractivity contribution in [2.75, 3.05) is 18.6 Å². The number of thioether (sulfide) groups is 2. The van der Waals surface area contributed by atoms with Gasteiger partial charge >= 0.3 is 0 Å². The van der Waals surface area contributed by atoms with Gasteiger partial charge in [-0.3, -0.25) is 4.79 Å². The van der Waals surface area contributed by atoms with E-state index in [1.165, 1.54) is 23.1 Å². The molecule has 0 saturated carbocycles. The van der Waals surface area contributed by atoms with Gasteiger partial charge in [0.1, 0.15) is 0 Å². The van der Waals surface area contributed by atoms with Gasteiger partial charge in [0.2, 0.25) is 0 Å². The van der Waals surface area contributed by atoms with Crippen molar-refractivity contribution < 1.29 is 4.79 Å². The fraction of sp³-hybridized carbons (Fsp3) is 0.286. The molecule has 0 aliphatic carbocycles. The molecule has 1 aliphatic rings. The van der Waals surface area contributed by atoms with Crippen molar-refractivity contribution in [2.24, 2.45) is 5.10 Å². The van der Waals surface area contributed by atoms with E-state index in [0.29, 0.717) is 12.3 Å². The summed E-state index contributed by atoms with van der Waals surface area (Å²) in [6.07, 6.45) is 2.76. The Labute approximate surface area is 141 Å². The highest BCUT2D eigenvalue weighted by molar-refractivity contribution is 8.03. The molecule has 22 heavy (non-hydrogen) atoms. The number of nitrogens with zero attached hydrogens (tertiary/aromatic N) is 4. The normalized spacial score (nSPS) is 14.2. The van der Waals surface area contributed by atoms with Crippen LogP contribution in [-0.4, -0.2) is 45.4 Å². The number of hydrogen-bond donors (Lipinski definition) is 0. The highest BCUT2D eigenvalue weighted by Gasteiger charge is 2.21. The van der Waals surface area contributed by atoms with E-state index >= 15 is 0 Å². The van der Waals surface area contributed by atoms with E-state index in [1.807, 2.05) is 36.6 Å². The molecule has 2 heterocycles. The maximum absolute atomic E-state index is 12.2. The third kappa shape index (κ3) is 3.68. The Balaban J connectivity index is 1.58. The van der Waals surface area contributed by atoms with Gasteiger partial charge in [-0.15, -0.1) is 10.2 Å². The maximum atomic E-state index is 12.2. The average molecular weight is 350 g/mol. The van der Waals surface area contributed by atoms with Crippen molar-refractivity contribution in [3.63, 3.8) is 0 Å². The third-order valence-corrected chi connectivity index (χ3v) is 6.10. The Morgan fingerprint density at radius 1 is 1.27 bits per heavy atom. The van der Waals surface area contributed by atoms with Gasteiger partial charge in [-0.05, 0) is 11.8 Å². The first-order valence-corrected chi connectivity index (χ1v) is 9.72. The van der Waals surface area contributed by atoms with Gasteiger partial charge in [0.25, 0.3) is 5.91 Å². The minimum Gasteiger partial charge on any atom is -0.272 e. The van der Waals surface area contributed by atoms with Crippen LogP contribution in [0.25, 0.3) is 0 Å². The molecule has 0 radical (unpaired) electrons. The number of hydrogen-bond acceptors (Lipinski definition) is 7. The molecule has 0 spiro atoms. The lowest BCUT2D eigenvalue weighted by molar-refractivity contribution is -0.127. The van der Waals surface area contributed by atoms with Crippen LogP contribution in [-0.2, 0) is 4.79 Å². The van der Waals surface area contributed by atoms with Gasteiger partial charge in [0, 0.05) is 6.42 Å². The number of aromatic nitrogens is 2. The van der Waals surface area contributed by atoms with Crippen LogP contribution < -0.4 is 0 Å². The molecule has 0 atom stereocenters. The van der Waals surface area contributed by atoms with Crippen LogP contribution in [0.4, 0.5) is 0 Å². The number of benzene rings is 1. The van der Waals surface area contributed by atoms with Crippen molar-refractivity contribution in [3.8, 4) is 0 Å². The largest absolute Gasteiger partial charge is 0.272 e. The fourth-order valence-electron chi connectivity index (χ4n) is 2.01. The van der Waals surface area contributed by atoms with E-state index in [0.717, 1.165) is 26.4 Å². The number of carbonyl (C=O) groups excluding carboxylic acids is 1. The van der Waals surface area contributed by atoms with Gasteiger partial charge in [-0.2, -0.15) is 5.10 Å². The van der Waals surface area contributed by atoms with Gasteiger partial charge < -0.3 is 0 Å². The Hall–Kier alpha value is -1.38. The SMILES string of the molecule is CSc1nnc(SCC(=O)N2CCC(c3ccccc3)=N2)s1. The first-order valence-electron chi connectivity index (χ1n) is 6.70. The van der Waals surface area contributed by atoms with Crippen LogP contribution >= 0.6 is 34.9 Å². The minimum absolute atomic E-state index is 0.0110. The zero-order valence-electron chi connectivity index (χ0n) is 11.9. The molecular formula is C14H14N4OS3. The molecule has 3 rings (SSSR count). The summed E-state index contributed by atoms with van der Waals surface area (Å²) in [6.45, 7) is 0.649. The first-order chi connectivity index (χ1) is 10.8. The second kappa shape index (κ2) is 7.26. The molecule has 0 N–H and O–H groups in total. The minimum atomic E-state index is 0.0110. The van der Waals surface area contributed by atoms with Crippen molar-refractivity contribution in [1.82, 2.24) is 15.2 Å². The monoisotopic (exact) mass is 350 g/mol. The summed E-state index contributed by atoms with van der Waals surface area (Å²) in [5.41, 5.74) is 2.05. The molecule has 0 unspecified atom stereocenters. The van der Waals surface area contributed by atoms with E-state index in [9.17, 15) is 4.79 Å². The van der Waals surface area contributed by atoms with Gasteiger partial charge in [-0.1, -0.05) is 65.2 Å². The van der Waals surface area contributed by atoms with Crippen LogP contribution in [0.5, 0.6) is 0 Å². The Morgan fingerprint density at radius 2 is 2.05 bits per heavy atom. The molecular weight excluding hydrogens is 336 g/mol. The second-order valence-corrected chi connectivity index (χ2v) is 7.76. The summed E-state index contributed by atoms with van der Waals surface area (Å²) < 4.78 is 1.74. The summed E-state index contributed by atoms with van der Waals surface area (Å²) in [5.74, 6) is 0.353. The molecule has 1 aliphatic heterocycles. The lowest BCUT2D eigenvalue weighted by Crippen LogP contribution is -2.25. The topological polar surface area (TPSA) is 58.5 Å². The van der Waals surface area contributed by atoms with Gasteiger partial charge in [0.15, 0.2) is 8.68 Å². The molecule has 1 aromatic carbocycles. The number of rotatable bonds is 5. The molecule has 1 amide bonds. The zero-order valence-corrected chi connectivity index (χ0v) is 14.4. The summed E-state index contributed by atoms with van der Waals surface area (Å²) in [6, 6.07) is 9.98. The Bertz CT molecular complexity index is 686. The second-order valence-electron chi connectivity index (χ2n) is 4.51. The highest BCUT2D eigenvalue weighted by atomic mass is 32.2. The van der Waals surface area contributed by atoms with Crippen LogP contribution in [0.15, 0.2) is 44.1 Å². The van der Waals surface area contributed by atoms with Crippen LogP contribution in [0.2, 0.25) is 0 Å². The fourth-order valence-corrected chi connectivity index (χ4v) is 4.31.